The summed E-state index contributed by atoms with van der Waals surface area (Å²) in [7, 11) is 3.33. The van der Waals surface area contributed by atoms with Crippen LogP contribution in [0.2, 0.25) is 0 Å². The van der Waals surface area contributed by atoms with Crippen LogP contribution in [0.15, 0.2) is 53.7 Å². The van der Waals surface area contributed by atoms with Gasteiger partial charge in [-0.25, -0.2) is 0 Å². The zero-order valence-electron chi connectivity index (χ0n) is 19.8. The maximum atomic E-state index is 13.1. The first-order chi connectivity index (χ1) is 16.6. The number of aromatic nitrogens is 3. The molecule has 180 valence electrons. The van der Waals surface area contributed by atoms with Gasteiger partial charge in [0.1, 0.15) is 5.75 Å². The van der Waals surface area contributed by atoms with Crippen molar-refractivity contribution >= 4 is 17.7 Å². The Hall–Kier alpha value is -2.88. The molecule has 1 atom stereocenters. The molecule has 0 spiro atoms. The Labute approximate surface area is 204 Å². The van der Waals surface area contributed by atoms with E-state index in [1.54, 1.807) is 26.0 Å². The first-order valence-electron chi connectivity index (χ1n) is 11.3. The van der Waals surface area contributed by atoms with Crippen LogP contribution in [0.1, 0.15) is 28.9 Å². The smallest absolute Gasteiger partial charge is 0.254 e. The van der Waals surface area contributed by atoms with Crippen molar-refractivity contribution in [2.75, 3.05) is 47.1 Å². The number of hydrogen-bond donors (Lipinski definition) is 0. The van der Waals surface area contributed by atoms with E-state index in [9.17, 15) is 4.79 Å². The highest BCUT2D eigenvalue weighted by atomic mass is 32.2. The summed E-state index contributed by atoms with van der Waals surface area (Å²) in [5.41, 5.74) is 2.62. The maximum Gasteiger partial charge on any atom is 0.254 e. The molecule has 3 aromatic rings. The molecule has 8 nitrogen and oxygen atoms in total. The number of hydrogen-bond acceptors (Lipinski definition) is 7. The van der Waals surface area contributed by atoms with Crippen molar-refractivity contribution in [2.24, 2.45) is 0 Å². The number of amides is 1. The average molecular weight is 483 g/mol. The Kier molecular flexibility index (Phi) is 8.21. The second kappa shape index (κ2) is 11.5. The van der Waals surface area contributed by atoms with Crippen LogP contribution >= 0.6 is 11.8 Å². The van der Waals surface area contributed by atoms with E-state index >= 15 is 0 Å². The zero-order chi connectivity index (χ0) is 23.9. The van der Waals surface area contributed by atoms with Gasteiger partial charge in [0.25, 0.3) is 5.91 Å². The van der Waals surface area contributed by atoms with Crippen molar-refractivity contribution in [3.05, 3.63) is 59.7 Å². The summed E-state index contributed by atoms with van der Waals surface area (Å²) in [5.74, 6) is 2.16. The standard InChI is InChI=1S/C25H30N4O4S/c1-18(16-31-2)29-23(19-8-6-9-21(15-19)32-3)26-27-25(29)34-17-20-7-4-5-10-22(20)24(30)28-11-13-33-14-12-28/h4-10,15,18H,11-14,16-17H2,1-3H3/t18-/m1/s1. The van der Waals surface area contributed by atoms with E-state index in [1.165, 1.54) is 0 Å². The minimum atomic E-state index is 0.0222. The molecule has 1 saturated heterocycles. The molecular formula is C25H30N4O4S. The van der Waals surface area contributed by atoms with Crippen molar-refractivity contribution in [2.45, 2.75) is 23.9 Å². The SMILES string of the molecule is COC[C@@H](C)n1c(SCc2ccccc2C(=O)N2CCOCC2)nnc1-c1cccc(OC)c1. The molecule has 0 aliphatic carbocycles. The minimum absolute atomic E-state index is 0.0222. The Morgan fingerprint density at radius 2 is 1.91 bits per heavy atom. The summed E-state index contributed by atoms with van der Waals surface area (Å²) in [6, 6.07) is 15.6. The molecule has 2 heterocycles. The zero-order valence-corrected chi connectivity index (χ0v) is 20.6. The van der Waals surface area contributed by atoms with Crippen LogP contribution in [0.25, 0.3) is 11.4 Å². The van der Waals surface area contributed by atoms with Gasteiger partial charge in [-0.05, 0) is 30.7 Å². The average Bonchev–Trinajstić information content (AvgIpc) is 3.32. The van der Waals surface area contributed by atoms with Crippen molar-refractivity contribution in [3.8, 4) is 17.1 Å². The third-order valence-electron chi connectivity index (χ3n) is 5.74. The van der Waals surface area contributed by atoms with Gasteiger partial charge in [-0.1, -0.05) is 42.1 Å². The summed E-state index contributed by atoms with van der Waals surface area (Å²) in [4.78, 5) is 15.0. The number of nitrogens with zero attached hydrogens (tertiary/aromatic N) is 4. The lowest BCUT2D eigenvalue weighted by Crippen LogP contribution is -2.41. The highest BCUT2D eigenvalue weighted by molar-refractivity contribution is 7.98. The lowest BCUT2D eigenvalue weighted by atomic mass is 10.1. The molecule has 1 aromatic heterocycles. The van der Waals surface area contributed by atoms with Gasteiger partial charge in [0, 0.05) is 37.1 Å². The van der Waals surface area contributed by atoms with Crippen LogP contribution < -0.4 is 4.74 Å². The molecule has 34 heavy (non-hydrogen) atoms. The van der Waals surface area contributed by atoms with Crippen LogP contribution in [0, 0.1) is 0 Å². The van der Waals surface area contributed by atoms with Crippen molar-refractivity contribution in [3.63, 3.8) is 0 Å². The van der Waals surface area contributed by atoms with Crippen LogP contribution in [-0.2, 0) is 15.2 Å². The summed E-state index contributed by atoms with van der Waals surface area (Å²) in [6.45, 7) is 5.00. The van der Waals surface area contributed by atoms with E-state index in [1.807, 2.05) is 53.4 Å². The van der Waals surface area contributed by atoms with Gasteiger partial charge < -0.3 is 19.1 Å². The molecule has 0 unspecified atom stereocenters. The number of carbonyl (C=O) groups excluding carboxylic acids is 1. The molecule has 0 saturated carbocycles. The van der Waals surface area contributed by atoms with Gasteiger partial charge in [0.05, 0.1) is 33.0 Å². The van der Waals surface area contributed by atoms with Gasteiger partial charge in [-0.3, -0.25) is 9.36 Å². The van der Waals surface area contributed by atoms with Crippen LogP contribution in [0.4, 0.5) is 0 Å². The Bertz CT molecular complexity index is 1110. The largest absolute Gasteiger partial charge is 0.497 e. The quantitative estimate of drug-likeness (QED) is 0.428. The lowest BCUT2D eigenvalue weighted by Gasteiger charge is -2.27. The molecule has 9 heteroatoms. The van der Waals surface area contributed by atoms with Crippen molar-refractivity contribution in [1.82, 2.24) is 19.7 Å². The Balaban J connectivity index is 1.60. The van der Waals surface area contributed by atoms with E-state index in [2.05, 4.69) is 21.7 Å². The number of methoxy groups -OCH3 is 2. The van der Waals surface area contributed by atoms with Gasteiger partial charge in [0.15, 0.2) is 11.0 Å². The number of rotatable bonds is 9. The van der Waals surface area contributed by atoms with Crippen molar-refractivity contribution < 1.29 is 19.0 Å². The van der Waals surface area contributed by atoms with Gasteiger partial charge >= 0.3 is 0 Å². The fourth-order valence-electron chi connectivity index (χ4n) is 3.98. The van der Waals surface area contributed by atoms with Crippen LogP contribution in [-0.4, -0.2) is 72.7 Å². The highest BCUT2D eigenvalue weighted by Crippen LogP contribution is 2.32. The number of ether oxygens (including phenoxy) is 3. The van der Waals surface area contributed by atoms with Crippen molar-refractivity contribution in [1.29, 1.82) is 0 Å². The summed E-state index contributed by atoms with van der Waals surface area (Å²) >= 11 is 1.57. The lowest BCUT2D eigenvalue weighted by molar-refractivity contribution is 0.0302. The third-order valence-corrected chi connectivity index (χ3v) is 6.74. The number of morpholine rings is 1. The first-order valence-corrected chi connectivity index (χ1v) is 12.3. The first kappa shape index (κ1) is 24.3. The molecule has 0 bridgehead atoms. The Morgan fingerprint density at radius 3 is 2.68 bits per heavy atom. The predicted molar refractivity (Wildman–Crippen MR) is 131 cm³/mol. The molecule has 0 N–H and O–H groups in total. The van der Waals surface area contributed by atoms with E-state index < -0.39 is 0 Å². The fraction of sp³-hybridized carbons (Fsp3) is 0.400. The maximum absolute atomic E-state index is 13.1. The molecule has 2 aromatic carbocycles. The minimum Gasteiger partial charge on any atom is -0.497 e. The predicted octanol–water partition coefficient (Wildman–Crippen LogP) is 3.93. The fourth-order valence-corrected chi connectivity index (χ4v) is 5.02. The van der Waals surface area contributed by atoms with Gasteiger partial charge in [-0.2, -0.15) is 0 Å². The molecule has 1 aliphatic rings. The van der Waals surface area contributed by atoms with E-state index in [0.29, 0.717) is 38.7 Å². The molecular weight excluding hydrogens is 452 g/mol. The second-order valence-corrected chi connectivity index (χ2v) is 9.01. The molecule has 1 aliphatic heterocycles. The molecule has 0 radical (unpaired) electrons. The van der Waals surface area contributed by atoms with Crippen LogP contribution in [0.5, 0.6) is 5.75 Å². The van der Waals surface area contributed by atoms with E-state index in [4.69, 9.17) is 14.2 Å². The summed E-state index contributed by atoms with van der Waals surface area (Å²) in [6.07, 6.45) is 0. The number of thioether (sulfide) groups is 1. The van der Waals surface area contributed by atoms with Crippen LogP contribution in [0.3, 0.4) is 0 Å². The molecule has 1 amide bonds. The number of benzene rings is 2. The second-order valence-electron chi connectivity index (χ2n) is 8.06. The Morgan fingerprint density at radius 1 is 1.12 bits per heavy atom. The normalized spacial score (nSPS) is 14.7. The number of carbonyl (C=O) groups is 1. The summed E-state index contributed by atoms with van der Waals surface area (Å²) in [5, 5.41) is 9.77. The topological polar surface area (TPSA) is 78.7 Å². The monoisotopic (exact) mass is 482 g/mol. The summed E-state index contributed by atoms with van der Waals surface area (Å²) < 4.78 is 18.3. The van der Waals surface area contributed by atoms with Gasteiger partial charge in [0.2, 0.25) is 0 Å². The molecule has 1 fully saturated rings. The molecule has 4 rings (SSSR count). The van der Waals surface area contributed by atoms with E-state index in [0.717, 1.165) is 33.4 Å². The third kappa shape index (κ3) is 5.43. The highest BCUT2D eigenvalue weighted by Gasteiger charge is 2.23. The van der Waals surface area contributed by atoms with Gasteiger partial charge in [-0.15, -0.1) is 10.2 Å². The van der Waals surface area contributed by atoms with E-state index in [-0.39, 0.29) is 11.9 Å².